The molecule has 10 nitrogen and oxygen atoms in total. The summed E-state index contributed by atoms with van der Waals surface area (Å²) in [4.78, 5) is 36.2. The Morgan fingerprint density at radius 3 is 0.733 bits per heavy atom. The predicted octanol–water partition coefficient (Wildman–Crippen LogP) is -4.62. The van der Waals surface area contributed by atoms with Crippen LogP contribution in [0.15, 0.2) is 0 Å². The van der Waals surface area contributed by atoms with Gasteiger partial charge in [-0.15, -0.1) is 0 Å². The first-order valence-corrected chi connectivity index (χ1v) is 2.45. The summed E-state index contributed by atoms with van der Waals surface area (Å²) in [6.07, 6.45) is -8.50. The number of carbonyl (C=O) groups excluding carboxylic acids is 4. The first kappa shape index (κ1) is 18.8. The van der Waals surface area contributed by atoms with Gasteiger partial charge >= 0.3 is 19.8 Å². The maximum atomic E-state index is 9.06. The van der Waals surface area contributed by atoms with Crippen LogP contribution in [0.3, 0.4) is 0 Å². The van der Waals surface area contributed by atoms with Gasteiger partial charge in [-0.2, -0.15) is 0 Å². The van der Waals surface area contributed by atoms with Crippen LogP contribution in [0.2, 0.25) is 0 Å². The Hall–Kier alpha value is -1.88. The molecule has 0 atom stereocenters. The second-order valence-electron chi connectivity index (χ2n) is 1.20. The Balaban J connectivity index is -0.000000180. The fourth-order valence-electron chi connectivity index (χ4n) is 0.136. The number of hydrogen-bond acceptors (Lipinski definition) is 10. The van der Waals surface area contributed by atoms with Gasteiger partial charge in [-0.3, -0.25) is 0 Å². The van der Waals surface area contributed by atoms with Crippen molar-refractivity contribution in [1.29, 1.82) is 0 Å². The van der Waals surface area contributed by atoms with Crippen LogP contribution < -0.4 is 20.4 Å². The van der Waals surface area contributed by atoms with E-state index in [9.17, 15) is 0 Å². The predicted molar refractivity (Wildman–Crippen MR) is 23.8 cm³/mol. The molecule has 0 saturated carbocycles. The van der Waals surface area contributed by atoms with Gasteiger partial charge in [0.25, 0.3) is 24.6 Å². The van der Waals surface area contributed by atoms with E-state index in [-0.39, 0.29) is 19.8 Å². The van der Waals surface area contributed by atoms with Crippen LogP contribution in [0.5, 0.6) is 0 Å². The first-order valence-electron chi connectivity index (χ1n) is 2.45. The van der Waals surface area contributed by atoms with Crippen molar-refractivity contribution in [3.8, 4) is 0 Å². The summed E-state index contributed by atoms with van der Waals surface area (Å²) >= 11 is 0. The van der Waals surface area contributed by atoms with Crippen molar-refractivity contribution in [2.75, 3.05) is 0 Å². The minimum atomic E-state index is -2.12. The second-order valence-corrected chi connectivity index (χ2v) is 1.20. The Labute approximate surface area is 94.1 Å². The van der Waals surface area contributed by atoms with Crippen molar-refractivity contribution in [1.82, 2.24) is 0 Å². The van der Waals surface area contributed by atoms with E-state index in [0.717, 1.165) is 0 Å². The third-order valence-electron chi connectivity index (χ3n) is 0.333. The molecule has 0 bridgehead atoms. The average Bonchev–Trinajstić information content (AvgIpc) is 1.79. The number of carbonyl (C=O) groups is 4. The molecule has 84 valence electrons. The third kappa shape index (κ3) is 33.1. The molecule has 15 heavy (non-hydrogen) atoms. The van der Waals surface area contributed by atoms with E-state index in [4.69, 9.17) is 39.6 Å². The van der Waals surface area contributed by atoms with Gasteiger partial charge in [0.1, 0.15) is 0 Å². The molecule has 0 aliphatic rings. The monoisotopic (exact) mass is 400 g/mol. The van der Waals surface area contributed by atoms with Crippen LogP contribution >= 0.6 is 0 Å². The maximum absolute atomic E-state index is 9.06. The maximum Gasteiger partial charge on any atom is 4.00 e. The molecule has 0 unspecified atom stereocenters. The number of hydrogen-bond donors (Lipinski definition) is 0. The van der Waals surface area contributed by atoms with E-state index in [1.54, 1.807) is 0 Å². The Kier molecular flexibility index (Phi) is 12.8. The van der Waals surface area contributed by atoms with Crippen LogP contribution in [0.4, 0.5) is 19.2 Å². The summed E-state index contributed by atoms with van der Waals surface area (Å²) in [5.41, 5.74) is 0. The number of carboxylic acid groups (broad SMARTS) is 4. The van der Waals surface area contributed by atoms with Crippen LogP contribution in [0, 0.1) is 0 Å². The van der Waals surface area contributed by atoms with Gasteiger partial charge in [0.05, 0.1) is 0 Å². The molecule has 0 aliphatic carbocycles. The van der Waals surface area contributed by atoms with Gasteiger partial charge in [-0.25, -0.2) is 0 Å². The summed E-state index contributed by atoms with van der Waals surface area (Å²) in [7, 11) is 0. The van der Waals surface area contributed by atoms with Gasteiger partial charge in [-0.1, -0.05) is 0 Å². The zero-order valence-electron chi connectivity index (χ0n) is 6.44. The zero-order valence-corrected chi connectivity index (χ0v) is 8.98. The van der Waals surface area contributed by atoms with Crippen LogP contribution in [0.1, 0.15) is 0 Å². The molecular weight excluding hydrogens is 398 g/mol. The Morgan fingerprint density at radius 2 is 0.733 bits per heavy atom. The van der Waals surface area contributed by atoms with Crippen LogP contribution in [-0.2, 0) is 29.3 Å². The van der Waals surface area contributed by atoms with Gasteiger partial charge < -0.3 is 49.1 Å². The molecular formula is C4O10Os. The Bertz CT molecular complexity index is 196. The minimum absolute atomic E-state index is 0. The van der Waals surface area contributed by atoms with Crippen molar-refractivity contribution in [2.24, 2.45) is 0 Å². The first-order chi connectivity index (χ1) is 6.25. The van der Waals surface area contributed by atoms with Crippen LogP contribution in [0.25, 0.3) is 0 Å². The quantitative estimate of drug-likeness (QED) is 0.284. The summed E-state index contributed by atoms with van der Waals surface area (Å²) in [6.45, 7) is 0. The molecule has 0 aromatic carbocycles. The second kappa shape index (κ2) is 10.2. The summed E-state index contributed by atoms with van der Waals surface area (Å²) in [5, 5.41) is 36.2. The van der Waals surface area contributed by atoms with Crippen molar-refractivity contribution < 1.29 is 68.9 Å². The van der Waals surface area contributed by atoms with E-state index in [0.29, 0.717) is 0 Å². The molecule has 0 amide bonds. The standard InChI is InChI=1S/2C2H2O5.Os/c2*3-1(4)7-2(5)6;/h2*(H,3,4)(H,5,6);/q;;+4/p-4. The molecule has 0 saturated heterocycles. The molecule has 0 heterocycles. The fraction of sp³-hybridized carbons (Fsp3) is 0. The molecule has 0 spiro atoms. The summed E-state index contributed by atoms with van der Waals surface area (Å²) in [6, 6.07) is 0. The van der Waals surface area contributed by atoms with Crippen molar-refractivity contribution in [3.05, 3.63) is 0 Å². The molecule has 0 N–H and O–H groups in total. The smallest absolute Gasteiger partial charge is 0.483 e. The minimum Gasteiger partial charge on any atom is -0.483 e. The normalized spacial score (nSPS) is 6.93. The molecule has 0 radical (unpaired) electrons. The average molecular weight is 398 g/mol. The van der Waals surface area contributed by atoms with Gasteiger partial charge in [0, 0.05) is 0 Å². The summed E-state index contributed by atoms with van der Waals surface area (Å²) in [5.74, 6) is 0. The SMILES string of the molecule is O=C([O-])OC(=O)[O-].O=C([O-])OC(=O)[O-].[Os+4]. The zero-order chi connectivity index (χ0) is 11.7. The van der Waals surface area contributed by atoms with Gasteiger partial charge in [-0.05, 0) is 0 Å². The van der Waals surface area contributed by atoms with Crippen LogP contribution in [-0.4, -0.2) is 24.6 Å². The van der Waals surface area contributed by atoms with Crippen molar-refractivity contribution in [3.63, 3.8) is 0 Å². The molecule has 0 aliphatic heterocycles. The van der Waals surface area contributed by atoms with E-state index in [2.05, 4.69) is 9.47 Å². The van der Waals surface area contributed by atoms with E-state index in [1.807, 2.05) is 0 Å². The fourth-order valence-corrected chi connectivity index (χ4v) is 0.136. The molecule has 0 aromatic rings. The molecule has 0 rings (SSSR count). The van der Waals surface area contributed by atoms with Gasteiger partial charge in [0.2, 0.25) is 0 Å². The molecule has 11 heteroatoms. The van der Waals surface area contributed by atoms with E-state index < -0.39 is 24.6 Å². The van der Waals surface area contributed by atoms with E-state index >= 15 is 0 Å². The largest absolute Gasteiger partial charge is 4.00 e. The molecule has 0 fully saturated rings. The van der Waals surface area contributed by atoms with Crippen molar-refractivity contribution >= 4 is 24.6 Å². The Morgan fingerprint density at radius 1 is 0.600 bits per heavy atom. The van der Waals surface area contributed by atoms with Crippen molar-refractivity contribution in [2.45, 2.75) is 0 Å². The summed E-state index contributed by atoms with van der Waals surface area (Å²) < 4.78 is 5.72. The van der Waals surface area contributed by atoms with E-state index in [1.165, 1.54) is 0 Å². The topological polar surface area (TPSA) is 179 Å². The van der Waals surface area contributed by atoms with Gasteiger partial charge in [0.15, 0.2) is 0 Å². The third-order valence-corrected chi connectivity index (χ3v) is 0.333. The number of rotatable bonds is 0. The number of ether oxygens (including phenoxy) is 2. The molecule has 0 aromatic heterocycles.